The maximum atomic E-state index is 13.9. The number of benzene rings is 2. The first-order valence-electron chi connectivity index (χ1n) is 8.64. The van der Waals surface area contributed by atoms with Gasteiger partial charge in [-0.2, -0.15) is 5.10 Å². The van der Waals surface area contributed by atoms with Crippen LogP contribution in [0.2, 0.25) is 5.02 Å². The Hall–Kier alpha value is -2.66. The van der Waals surface area contributed by atoms with Crippen LogP contribution in [0.3, 0.4) is 0 Å². The SMILES string of the molecule is Cc1nn(Cc2ccccc2Cl)c(C)c1C(=O)N(C)Cc1ccccc1F. The molecule has 0 aliphatic carbocycles. The molecule has 0 saturated carbocycles. The van der Waals surface area contributed by atoms with Crippen LogP contribution in [0.1, 0.15) is 32.9 Å². The van der Waals surface area contributed by atoms with E-state index in [1.165, 1.54) is 11.0 Å². The summed E-state index contributed by atoms with van der Waals surface area (Å²) in [7, 11) is 1.67. The number of aromatic nitrogens is 2. The zero-order valence-electron chi connectivity index (χ0n) is 15.5. The van der Waals surface area contributed by atoms with Gasteiger partial charge in [0.15, 0.2) is 0 Å². The van der Waals surface area contributed by atoms with E-state index in [4.69, 9.17) is 11.6 Å². The van der Waals surface area contributed by atoms with E-state index in [1.54, 1.807) is 36.9 Å². The highest BCUT2D eigenvalue weighted by Gasteiger charge is 2.22. The maximum absolute atomic E-state index is 13.9. The second kappa shape index (κ2) is 7.92. The largest absolute Gasteiger partial charge is 0.337 e. The molecule has 0 aliphatic heterocycles. The lowest BCUT2D eigenvalue weighted by Gasteiger charge is -2.18. The molecule has 140 valence electrons. The molecule has 0 atom stereocenters. The summed E-state index contributed by atoms with van der Waals surface area (Å²) in [5.41, 5.74) is 3.36. The first-order chi connectivity index (χ1) is 12.9. The molecule has 1 amide bonds. The number of rotatable bonds is 5. The molecule has 1 heterocycles. The molecule has 0 saturated heterocycles. The molecule has 2 aromatic carbocycles. The Morgan fingerprint density at radius 3 is 2.41 bits per heavy atom. The summed E-state index contributed by atoms with van der Waals surface area (Å²) in [5.74, 6) is -0.501. The van der Waals surface area contributed by atoms with E-state index in [0.29, 0.717) is 28.4 Å². The van der Waals surface area contributed by atoms with Gasteiger partial charge in [0, 0.05) is 29.9 Å². The van der Waals surface area contributed by atoms with Crippen molar-refractivity contribution in [3.8, 4) is 0 Å². The first-order valence-corrected chi connectivity index (χ1v) is 9.02. The number of carbonyl (C=O) groups is 1. The highest BCUT2D eigenvalue weighted by molar-refractivity contribution is 6.31. The van der Waals surface area contributed by atoms with Gasteiger partial charge in [-0.05, 0) is 31.5 Å². The minimum atomic E-state index is -0.319. The monoisotopic (exact) mass is 385 g/mol. The van der Waals surface area contributed by atoms with Crippen LogP contribution < -0.4 is 0 Å². The van der Waals surface area contributed by atoms with Crippen LogP contribution in [-0.2, 0) is 13.1 Å². The van der Waals surface area contributed by atoms with Crippen LogP contribution in [0.4, 0.5) is 4.39 Å². The average molecular weight is 386 g/mol. The van der Waals surface area contributed by atoms with Gasteiger partial charge in [0.05, 0.1) is 17.8 Å². The molecule has 0 fully saturated rings. The van der Waals surface area contributed by atoms with Crippen molar-refractivity contribution >= 4 is 17.5 Å². The molecule has 0 aliphatic rings. The Kier molecular flexibility index (Phi) is 5.61. The Morgan fingerprint density at radius 1 is 1.11 bits per heavy atom. The van der Waals surface area contributed by atoms with Crippen LogP contribution in [0.15, 0.2) is 48.5 Å². The Labute approximate surface area is 163 Å². The standard InChI is InChI=1S/C21H21ClFN3O/c1-14-20(21(27)25(3)12-17-9-5-7-11-19(17)23)15(2)26(24-14)13-16-8-4-6-10-18(16)22/h4-11H,12-13H2,1-3H3. The van der Waals surface area contributed by atoms with Crippen molar-refractivity contribution in [1.82, 2.24) is 14.7 Å². The third kappa shape index (κ3) is 4.03. The summed E-state index contributed by atoms with van der Waals surface area (Å²) in [6.45, 7) is 4.35. The van der Waals surface area contributed by atoms with Crippen molar-refractivity contribution in [2.24, 2.45) is 0 Å². The molecular weight excluding hydrogens is 365 g/mol. The summed E-state index contributed by atoms with van der Waals surface area (Å²) in [4.78, 5) is 14.5. The van der Waals surface area contributed by atoms with Crippen molar-refractivity contribution < 1.29 is 9.18 Å². The molecule has 0 unspecified atom stereocenters. The molecule has 1 aromatic heterocycles. The molecule has 3 rings (SSSR count). The van der Waals surface area contributed by atoms with E-state index in [0.717, 1.165) is 11.3 Å². The number of aryl methyl sites for hydroxylation is 1. The molecule has 4 nitrogen and oxygen atoms in total. The predicted molar refractivity (Wildman–Crippen MR) is 104 cm³/mol. The minimum Gasteiger partial charge on any atom is -0.337 e. The van der Waals surface area contributed by atoms with Crippen LogP contribution >= 0.6 is 11.6 Å². The van der Waals surface area contributed by atoms with Crippen molar-refractivity contribution in [3.63, 3.8) is 0 Å². The van der Waals surface area contributed by atoms with Gasteiger partial charge in [0.1, 0.15) is 5.82 Å². The zero-order chi connectivity index (χ0) is 19.6. The fraction of sp³-hybridized carbons (Fsp3) is 0.238. The molecular formula is C21H21ClFN3O. The molecule has 3 aromatic rings. The Bertz CT molecular complexity index is 983. The Balaban J connectivity index is 1.84. The summed E-state index contributed by atoms with van der Waals surface area (Å²) < 4.78 is 15.7. The number of hydrogen-bond acceptors (Lipinski definition) is 2. The van der Waals surface area contributed by atoms with Gasteiger partial charge < -0.3 is 4.90 Å². The maximum Gasteiger partial charge on any atom is 0.257 e. The number of nitrogens with zero attached hydrogens (tertiary/aromatic N) is 3. The van der Waals surface area contributed by atoms with E-state index < -0.39 is 0 Å². The summed E-state index contributed by atoms with van der Waals surface area (Å²) in [6.07, 6.45) is 0. The van der Waals surface area contributed by atoms with Crippen LogP contribution in [0.5, 0.6) is 0 Å². The lowest BCUT2D eigenvalue weighted by atomic mass is 10.1. The molecule has 27 heavy (non-hydrogen) atoms. The predicted octanol–water partition coefficient (Wildman–Crippen LogP) is 4.61. The van der Waals surface area contributed by atoms with Crippen molar-refractivity contribution in [2.45, 2.75) is 26.9 Å². The van der Waals surface area contributed by atoms with Gasteiger partial charge in [0.2, 0.25) is 0 Å². The molecule has 0 spiro atoms. The highest BCUT2D eigenvalue weighted by atomic mass is 35.5. The number of amides is 1. The first kappa shape index (κ1) is 19.1. The summed E-state index contributed by atoms with van der Waals surface area (Å²) in [5, 5.41) is 5.17. The average Bonchev–Trinajstić information content (AvgIpc) is 2.91. The van der Waals surface area contributed by atoms with Gasteiger partial charge in [-0.1, -0.05) is 48.0 Å². The van der Waals surface area contributed by atoms with E-state index in [-0.39, 0.29) is 18.3 Å². The minimum absolute atomic E-state index is 0.182. The van der Waals surface area contributed by atoms with Gasteiger partial charge >= 0.3 is 0 Å². The lowest BCUT2D eigenvalue weighted by Crippen LogP contribution is -2.27. The van der Waals surface area contributed by atoms with Crippen molar-refractivity contribution in [1.29, 1.82) is 0 Å². The summed E-state index contributed by atoms with van der Waals surface area (Å²) >= 11 is 6.24. The van der Waals surface area contributed by atoms with Gasteiger partial charge in [0.25, 0.3) is 5.91 Å². The van der Waals surface area contributed by atoms with Crippen LogP contribution in [0.25, 0.3) is 0 Å². The number of halogens is 2. The van der Waals surface area contributed by atoms with Gasteiger partial charge in [-0.3, -0.25) is 9.48 Å². The summed E-state index contributed by atoms with van der Waals surface area (Å²) in [6, 6.07) is 14.0. The molecule has 0 N–H and O–H groups in total. The topological polar surface area (TPSA) is 38.1 Å². The molecule has 0 bridgehead atoms. The highest BCUT2D eigenvalue weighted by Crippen LogP contribution is 2.21. The molecule has 0 radical (unpaired) electrons. The van der Waals surface area contributed by atoms with Crippen molar-refractivity contribution in [3.05, 3.63) is 87.4 Å². The third-order valence-corrected chi connectivity index (χ3v) is 4.95. The van der Waals surface area contributed by atoms with Crippen LogP contribution in [0, 0.1) is 19.7 Å². The Morgan fingerprint density at radius 2 is 1.74 bits per heavy atom. The van der Waals surface area contributed by atoms with Gasteiger partial charge in [-0.15, -0.1) is 0 Å². The van der Waals surface area contributed by atoms with E-state index in [9.17, 15) is 9.18 Å². The quantitative estimate of drug-likeness (QED) is 0.643. The second-order valence-electron chi connectivity index (χ2n) is 6.55. The zero-order valence-corrected chi connectivity index (χ0v) is 16.3. The van der Waals surface area contributed by atoms with Crippen molar-refractivity contribution in [2.75, 3.05) is 7.05 Å². The van der Waals surface area contributed by atoms with E-state index in [1.807, 2.05) is 31.2 Å². The third-order valence-electron chi connectivity index (χ3n) is 4.59. The fourth-order valence-electron chi connectivity index (χ4n) is 3.09. The normalized spacial score (nSPS) is 10.9. The smallest absolute Gasteiger partial charge is 0.257 e. The van der Waals surface area contributed by atoms with E-state index >= 15 is 0 Å². The van der Waals surface area contributed by atoms with Gasteiger partial charge in [-0.25, -0.2) is 4.39 Å². The number of hydrogen-bond donors (Lipinski definition) is 0. The molecule has 6 heteroatoms. The van der Waals surface area contributed by atoms with E-state index in [2.05, 4.69) is 5.10 Å². The lowest BCUT2D eigenvalue weighted by molar-refractivity contribution is 0.0782. The van der Waals surface area contributed by atoms with Crippen LogP contribution in [-0.4, -0.2) is 27.6 Å². The fourth-order valence-corrected chi connectivity index (χ4v) is 3.29. The number of carbonyl (C=O) groups excluding carboxylic acids is 1. The second-order valence-corrected chi connectivity index (χ2v) is 6.95.